The van der Waals surface area contributed by atoms with Gasteiger partial charge in [0.2, 0.25) is 0 Å². The van der Waals surface area contributed by atoms with Crippen LogP contribution in [0, 0.1) is 13.8 Å². The van der Waals surface area contributed by atoms with Crippen LogP contribution in [0.1, 0.15) is 42.0 Å². The molecule has 3 heteroatoms. The molecule has 0 aromatic heterocycles. The Labute approximate surface area is 103 Å². The minimum atomic E-state index is 0.248. The second-order valence-electron chi connectivity index (χ2n) is 4.77. The summed E-state index contributed by atoms with van der Waals surface area (Å²) in [6, 6.07) is 2.23. The van der Waals surface area contributed by atoms with Crippen LogP contribution in [0.15, 0.2) is 6.07 Å². The number of rotatable bonds is 2. The Balaban J connectivity index is 2.40. The molecule has 1 aromatic rings. The second kappa shape index (κ2) is 4.96. The molecule has 2 N–H and O–H groups in total. The lowest BCUT2D eigenvalue weighted by Gasteiger charge is -2.26. The van der Waals surface area contributed by atoms with Crippen LogP contribution in [0.25, 0.3) is 0 Å². The molecule has 0 amide bonds. The predicted octanol–water partition coefficient (Wildman–Crippen LogP) is 2.83. The zero-order valence-corrected chi connectivity index (χ0v) is 10.8. The number of nitrogens with one attached hydrogen (secondary N) is 1. The largest absolute Gasteiger partial charge is 0.504 e. The first-order valence-electron chi connectivity index (χ1n) is 6.25. The Morgan fingerprint density at radius 2 is 2.06 bits per heavy atom. The van der Waals surface area contributed by atoms with Crippen molar-refractivity contribution in [3.63, 3.8) is 0 Å². The summed E-state index contributed by atoms with van der Waals surface area (Å²) in [5.41, 5.74) is 3.47. The van der Waals surface area contributed by atoms with Gasteiger partial charge in [-0.15, -0.1) is 0 Å². The van der Waals surface area contributed by atoms with Gasteiger partial charge in [-0.25, -0.2) is 0 Å². The summed E-state index contributed by atoms with van der Waals surface area (Å²) in [5, 5.41) is 13.5. The van der Waals surface area contributed by atoms with E-state index in [1.165, 1.54) is 24.0 Å². The zero-order chi connectivity index (χ0) is 12.4. The number of benzene rings is 1. The maximum atomic E-state index is 9.97. The lowest BCUT2D eigenvalue weighted by molar-refractivity contribution is 0.366. The standard InChI is InChI=1S/C14H21NO2/c1-9-10(2)14(17-3)13(16)8-11(9)12-6-4-5-7-15-12/h8,12,15-16H,4-7H2,1-3H3. The molecular formula is C14H21NO2. The topological polar surface area (TPSA) is 41.5 Å². The van der Waals surface area contributed by atoms with Crippen LogP contribution in [0.3, 0.4) is 0 Å². The first kappa shape index (κ1) is 12.2. The van der Waals surface area contributed by atoms with Crippen molar-refractivity contribution in [2.24, 2.45) is 0 Å². The van der Waals surface area contributed by atoms with Gasteiger partial charge in [-0.05, 0) is 56.0 Å². The van der Waals surface area contributed by atoms with Gasteiger partial charge in [0.25, 0.3) is 0 Å². The molecular weight excluding hydrogens is 214 g/mol. The van der Waals surface area contributed by atoms with E-state index in [9.17, 15) is 5.11 Å². The van der Waals surface area contributed by atoms with Crippen molar-refractivity contribution >= 4 is 0 Å². The van der Waals surface area contributed by atoms with Crippen LogP contribution in [-0.2, 0) is 0 Å². The van der Waals surface area contributed by atoms with Crippen LogP contribution in [-0.4, -0.2) is 18.8 Å². The lowest BCUT2D eigenvalue weighted by Crippen LogP contribution is -2.27. The number of piperidine rings is 1. The van der Waals surface area contributed by atoms with Crippen molar-refractivity contribution in [1.29, 1.82) is 0 Å². The molecule has 1 unspecified atom stereocenters. The molecule has 0 aliphatic carbocycles. The highest BCUT2D eigenvalue weighted by Crippen LogP contribution is 2.38. The highest BCUT2D eigenvalue weighted by molar-refractivity contribution is 5.53. The van der Waals surface area contributed by atoms with E-state index in [0.717, 1.165) is 18.5 Å². The smallest absolute Gasteiger partial charge is 0.163 e. The van der Waals surface area contributed by atoms with Gasteiger partial charge in [-0.2, -0.15) is 0 Å². The Bertz CT molecular complexity index is 409. The van der Waals surface area contributed by atoms with E-state index in [4.69, 9.17) is 4.74 Å². The van der Waals surface area contributed by atoms with E-state index in [-0.39, 0.29) is 5.75 Å². The van der Waals surface area contributed by atoms with Crippen LogP contribution < -0.4 is 10.1 Å². The maximum Gasteiger partial charge on any atom is 0.163 e. The molecule has 94 valence electrons. The fourth-order valence-electron chi connectivity index (χ4n) is 2.64. The molecule has 1 saturated heterocycles. The van der Waals surface area contributed by atoms with Gasteiger partial charge in [0, 0.05) is 6.04 Å². The first-order chi connectivity index (χ1) is 8.15. The number of aromatic hydroxyl groups is 1. The highest BCUT2D eigenvalue weighted by Gasteiger charge is 2.20. The van der Waals surface area contributed by atoms with Crippen LogP contribution in [0.4, 0.5) is 0 Å². The number of hydrogen-bond donors (Lipinski definition) is 2. The van der Waals surface area contributed by atoms with Crippen molar-refractivity contribution in [1.82, 2.24) is 5.32 Å². The summed E-state index contributed by atoms with van der Waals surface area (Å²) < 4.78 is 5.23. The van der Waals surface area contributed by atoms with E-state index in [2.05, 4.69) is 12.2 Å². The molecule has 17 heavy (non-hydrogen) atoms. The van der Waals surface area contributed by atoms with Gasteiger partial charge in [0.05, 0.1) is 7.11 Å². The van der Waals surface area contributed by atoms with E-state index < -0.39 is 0 Å². The Kier molecular flexibility index (Phi) is 3.57. The monoisotopic (exact) mass is 235 g/mol. The van der Waals surface area contributed by atoms with Gasteiger partial charge >= 0.3 is 0 Å². The predicted molar refractivity (Wildman–Crippen MR) is 68.7 cm³/mol. The third-order valence-corrected chi connectivity index (χ3v) is 3.75. The number of hydrogen-bond acceptors (Lipinski definition) is 3. The molecule has 1 aliphatic rings. The molecule has 1 heterocycles. The van der Waals surface area contributed by atoms with Gasteiger partial charge in [0.15, 0.2) is 11.5 Å². The number of methoxy groups -OCH3 is 1. The average molecular weight is 235 g/mol. The van der Waals surface area contributed by atoms with Crippen molar-refractivity contribution in [3.8, 4) is 11.5 Å². The SMILES string of the molecule is COc1c(O)cc(C2CCCCN2)c(C)c1C. The fourth-order valence-corrected chi connectivity index (χ4v) is 2.64. The lowest BCUT2D eigenvalue weighted by atomic mass is 9.91. The quantitative estimate of drug-likeness (QED) is 0.828. The van der Waals surface area contributed by atoms with Crippen LogP contribution in [0.5, 0.6) is 11.5 Å². The second-order valence-corrected chi connectivity index (χ2v) is 4.77. The van der Waals surface area contributed by atoms with Crippen molar-refractivity contribution in [2.45, 2.75) is 39.2 Å². The van der Waals surface area contributed by atoms with Crippen molar-refractivity contribution < 1.29 is 9.84 Å². The average Bonchev–Trinajstić information content (AvgIpc) is 2.35. The van der Waals surface area contributed by atoms with Crippen molar-refractivity contribution in [3.05, 3.63) is 22.8 Å². The first-order valence-corrected chi connectivity index (χ1v) is 6.25. The maximum absolute atomic E-state index is 9.97. The van der Waals surface area contributed by atoms with Gasteiger partial charge in [-0.1, -0.05) is 6.42 Å². The molecule has 2 rings (SSSR count). The number of phenols is 1. The number of phenolic OH excluding ortho intramolecular Hbond substituents is 1. The van der Waals surface area contributed by atoms with Gasteiger partial charge in [0.1, 0.15) is 0 Å². The van der Waals surface area contributed by atoms with E-state index in [1.54, 1.807) is 7.11 Å². The van der Waals surface area contributed by atoms with Crippen molar-refractivity contribution in [2.75, 3.05) is 13.7 Å². The molecule has 0 bridgehead atoms. The number of ether oxygens (including phenoxy) is 1. The molecule has 3 nitrogen and oxygen atoms in total. The molecule has 1 aromatic carbocycles. The summed E-state index contributed by atoms with van der Waals surface area (Å²) in [4.78, 5) is 0. The summed E-state index contributed by atoms with van der Waals surface area (Å²) in [6.45, 7) is 5.17. The van der Waals surface area contributed by atoms with Gasteiger partial charge < -0.3 is 15.2 Å². The van der Waals surface area contributed by atoms with E-state index >= 15 is 0 Å². The highest BCUT2D eigenvalue weighted by atomic mass is 16.5. The van der Waals surface area contributed by atoms with Crippen LogP contribution in [0.2, 0.25) is 0 Å². The van der Waals surface area contributed by atoms with E-state index in [1.807, 2.05) is 13.0 Å². The minimum absolute atomic E-state index is 0.248. The fraction of sp³-hybridized carbons (Fsp3) is 0.571. The summed E-state index contributed by atoms with van der Waals surface area (Å²) in [7, 11) is 1.60. The van der Waals surface area contributed by atoms with E-state index in [0.29, 0.717) is 11.8 Å². The van der Waals surface area contributed by atoms with Gasteiger partial charge in [-0.3, -0.25) is 0 Å². The molecule has 0 radical (unpaired) electrons. The normalized spacial score (nSPS) is 20.3. The molecule has 0 spiro atoms. The third-order valence-electron chi connectivity index (χ3n) is 3.75. The molecule has 0 saturated carbocycles. The molecule has 1 atom stereocenters. The Morgan fingerprint density at radius 3 is 2.65 bits per heavy atom. The zero-order valence-electron chi connectivity index (χ0n) is 10.8. The summed E-state index contributed by atoms with van der Waals surface area (Å²) in [5.74, 6) is 0.847. The van der Waals surface area contributed by atoms with Crippen LogP contribution >= 0.6 is 0 Å². The third kappa shape index (κ3) is 2.25. The molecule has 1 aliphatic heterocycles. The summed E-state index contributed by atoms with van der Waals surface area (Å²) in [6.07, 6.45) is 3.64. The summed E-state index contributed by atoms with van der Waals surface area (Å²) >= 11 is 0. The Hall–Kier alpha value is -1.22. The Morgan fingerprint density at radius 1 is 1.29 bits per heavy atom. The molecule has 1 fully saturated rings. The minimum Gasteiger partial charge on any atom is -0.504 e.